The first-order valence-electron chi connectivity index (χ1n) is 9.00. The van der Waals surface area contributed by atoms with E-state index in [1.807, 2.05) is 6.07 Å². The van der Waals surface area contributed by atoms with Gasteiger partial charge in [0.1, 0.15) is 17.2 Å². The van der Waals surface area contributed by atoms with E-state index in [9.17, 15) is 4.79 Å². The quantitative estimate of drug-likeness (QED) is 0.643. The van der Waals surface area contributed by atoms with Gasteiger partial charge in [0.05, 0.1) is 26.5 Å². The van der Waals surface area contributed by atoms with Gasteiger partial charge in [0.25, 0.3) is 5.91 Å². The Morgan fingerprint density at radius 2 is 1.86 bits per heavy atom. The van der Waals surface area contributed by atoms with Crippen molar-refractivity contribution in [2.75, 3.05) is 26.1 Å². The van der Waals surface area contributed by atoms with Gasteiger partial charge in [-0.15, -0.1) is 0 Å². The van der Waals surface area contributed by atoms with E-state index in [1.165, 1.54) is 0 Å². The molecule has 0 aliphatic heterocycles. The van der Waals surface area contributed by atoms with Crippen LogP contribution < -0.4 is 24.8 Å². The van der Waals surface area contributed by atoms with E-state index in [0.29, 0.717) is 41.0 Å². The number of ether oxygens (including phenoxy) is 3. The molecule has 0 radical (unpaired) electrons. The van der Waals surface area contributed by atoms with Crippen LogP contribution in [-0.4, -0.2) is 31.8 Å². The van der Waals surface area contributed by atoms with E-state index in [0.717, 1.165) is 6.42 Å². The van der Waals surface area contributed by atoms with Gasteiger partial charge >= 0.3 is 0 Å². The number of anilines is 1. The first kappa shape index (κ1) is 21.5. The molecule has 1 amide bonds. The number of hydrogen-bond donors (Lipinski definition) is 2. The minimum Gasteiger partial charge on any atom is -0.497 e. The molecule has 0 aromatic heterocycles. The lowest BCUT2D eigenvalue weighted by Crippen LogP contribution is -2.34. The third kappa shape index (κ3) is 6.42. The summed E-state index contributed by atoms with van der Waals surface area (Å²) in [4.78, 5) is 12.5. The van der Waals surface area contributed by atoms with E-state index in [4.69, 9.17) is 26.4 Å². The Labute approximate surface area is 171 Å². The predicted molar refractivity (Wildman–Crippen MR) is 115 cm³/mol. The van der Waals surface area contributed by atoms with Crippen molar-refractivity contribution < 1.29 is 19.0 Å². The summed E-state index contributed by atoms with van der Waals surface area (Å²) in [7, 11) is 3.13. The fourth-order valence-corrected chi connectivity index (χ4v) is 2.58. The van der Waals surface area contributed by atoms with Crippen LogP contribution in [0.3, 0.4) is 0 Å². The summed E-state index contributed by atoms with van der Waals surface area (Å²) in [6.07, 6.45) is 0.951. The van der Waals surface area contributed by atoms with Crippen molar-refractivity contribution in [3.05, 3.63) is 48.0 Å². The van der Waals surface area contributed by atoms with Gasteiger partial charge in [0.2, 0.25) is 0 Å². The summed E-state index contributed by atoms with van der Waals surface area (Å²) >= 11 is 5.26. The number of benzene rings is 2. The Hall–Kier alpha value is -2.80. The van der Waals surface area contributed by atoms with Crippen LogP contribution in [0.5, 0.6) is 17.2 Å². The number of thiocarbonyl (C=S) groups is 1. The number of nitrogens with one attached hydrogen (secondary N) is 2. The molecule has 0 bridgehead atoms. The van der Waals surface area contributed by atoms with Gasteiger partial charge in [-0.2, -0.15) is 0 Å². The molecule has 2 N–H and O–H groups in total. The molecule has 6 nitrogen and oxygen atoms in total. The lowest BCUT2D eigenvalue weighted by molar-refractivity contribution is 0.0977. The molecule has 0 heterocycles. The fraction of sp³-hybridized carbons (Fsp3) is 0.333. The largest absolute Gasteiger partial charge is 0.497 e. The Morgan fingerprint density at radius 3 is 2.54 bits per heavy atom. The summed E-state index contributed by atoms with van der Waals surface area (Å²) in [6.45, 7) is 4.88. The summed E-state index contributed by atoms with van der Waals surface area (Å²) in [6, 6.07) is 12.3. The molecule has 2 aromatic carbocycles. The highest BCUT2D eigenvalue weighted by Crippen LogP contribution is 2.28. The first-order chi connectivity index (χ1) is 13.4. The van der Waals surface area contributed by atoms with Gasteiger partial charge in [-0.25, -0.2) is 0 Å². The summed E-state index contributed by atoms with van der Waals surface area (Å²) in [5.41, 5.74) is 1.06. The zero-order valence-corrected chi connectivity index (χ0v) is 17.4. The van der Waals surface area contributed by atoms with Crippen LogP contribution in [0.15, 0.2) is 42.5 Å². The maximum atomic E-state index is 12.5. The molecule has 7 heteroatoms. The molecule has 0 saturated carbocycles. The molecular formula is C21H26N2O4S. The second-order valence-corrected chi connectivity index (χ2v) is 6.94. The van der Waals surface area contributed by atoms with Crippen molar-refractivity contribution in [1.29, 1.82) is 0 Å². The standard InChI is InChI=1S/C21H26N2O4S/c1-14(2)10-11-27-17-7-5-6-15(12-17)20(24)23-21(28)22-18-13-16(25-3)8-9-19(18)26-4/h5-9,12-14H,10-11H2,1-4H3,(H2,22,23,24,28). The highest BCUT2D eigenvalue weighted by atomic mass is 32.1. The van der Waals surface area contributed by atoms with E-state index >= 15 is 0 Å². The molecule has 150 valence electrons. The monoisotopic (exact) mass is 402 g/mol. The van der Waals surface area contributed by atoms with Crippen LogP contribution in [0.25, 0.3) is 0 Å². The summed E-state index contributed by atoms with van der Waals surface area (Å²) < 4.78 is 16.2. The van der Waals surface area contributed by atoms with Crippen LogP contribution in [-0.2, 0) is 0 Å². The van der Waals surface area contributed by atoms with E-state index in [2.05, 4.69) is 24.5 Å². The van der Waals surface area contributed by atoms with Crippen molar-refractivity contribution in [2.45, 2.75) is 20.3 Å². The Morgan fingerprint density at radius 1 is 1.07 bits per heavy atom. The van der Waals surface area contributed by atoms with Crippen molar-refractivity contribution in [2.24, 2.45) is 5.92 Å². The van der Waals surface area contributed by atoms with E-state index in [1.54, 1.807) is 50.6 Å². The third-order valence-electron chi connectivity index (χ3n) is 3.94. The first-order valence-corrected chi connectivity index (χ1v) is 9.41. The number of amides is 1. The Balaban J connectivity index is 2.00. The highest BCUT2D eigenvalue weighted by Gasteiger charge is 2.12. The smallest absolute Gasteiger partial charge is 0.257 e. The second-order valence-electron chi connectivity index (χ2n) is 6.53. The molecule has 0 spiro atoms. The summed E-state index contributed by atoms with van der Waals surface area (Å²) in [5.74, 6) is 2.11. The molecule has 0 aliphatic carbocycles. The average Bonchev–Trinajstić information content (AvgIpc) is 2.67. The van der Waals surface area contributed by atoms with Gasteiger partial charge in [-0.3, -0.25) is 10.1 Å². The normalized spacial score (nSPS) is 10.3. The minimum absolute atomic E-state index is 0.155. The topological polar surface area (TPSA) is 68.8 Å². The van der Waals surface area contributed by atoms with Crippen LogP contribution in [0.1, 0.15) is 30.6 Å². The fourth-order valence-electron chi connectivity index (χ4n) is 2.38. The lowest BCUT2D eigenvalue weighted by Gasteiger charge is -2.14. The molecule has 0 atom stereocenters. The Bertz CT molecular complexity index is 824. The third-order valence-corrected chi connectivity index (χ3v) is 4.15. The Kier molecular flexibility index (Phi) is 8.07. The van der Waals surface area contributed by atoms with Gasteiger partial charge in [0, 0.05) is 11.6 Å². The van der Waals surface area contributed by atoms with Crippen molar-refractivity contribution in [1.82, 2.24) is 5.32 Å². The molecule has 28 heavy (non-hydrogen) atoms. The zero-order valence-electron chi connectivity index (χ0n) is 16.6. The van der Waals surface area contributed by atoms with Gasteiger partial charge in [0.15, 0.2) is 5.11 Å². The van der Waals surface area contributed by atoms with Gasteiger partial charge in [-0.1, -0.05) is 19.9 Å². The molecule has 0 unspecified atom stereocenters. The van der Waals surface area contributed by atoms with E-state index in [-0.39, 0.29) is 11.0 Å². The predicted octanol–water partition coefficient (Wildman–Crippen LogP) is 4.26. The number of hydrogen-bond acceptors (Lipinski definition) is 5. The van der Waals surface area contributed by atoms with Gasteiger partial charge < -0.3 is 19.5 Å². The molecule has 0 saturated heterocycles. The molecule has 0 fully saturated rings. The highest BCUT2D eigenvalue weighted by molar-refractivity contribution is 7.80. The summed E-state index contributed by atoms with van der Waals surface area (Å²) in [5, 5.41) is 5.78. The second kappa shape index (κ2) is 10.5. The van der Waals surface area contributed by atoms with Crippen molar-refractivity contribution >= 4 is 28.9 Å². The maximum absolute atomic E-state index is 12.5. The van der Waals surface area contributed by atoms with Crippen LogP contribution in [0, 0.1) is 5.92 Å². The molecule has 2 aromatic rings. The lowest BCUT2D eigenvalue weighted by atomic mass is 10.1. The van der Waals surface area contributed by atoms with Crippen LogP contribution in [0.4, 0.5) is 5.69 Å². The number of rotatable bonds is 8. The molecule has 0 aliphatic rings. The number of carbonyl (C=O) groups excluding carboxylic acids is 1. The van der Waals surface area contributed by atoms with Crippen LogP contribution >= 0.6 is 12.2 Å². The zero-order chi connectivity index (χ0) is 20.5. The van der Waals surface area contributed by atoms with E-state index < -0.39 is 0 Å². The average molecular weight is 403 g/mol. The maximum Gasteiger partial charge on any atom is 0.257 e. The van der Waals surface area contributed by atoms with Crippen LogP contribution in [0.2, 0.25) is 0 Å². The molecule has 2 rings (SSSR count). The number of methoxy groups -OCH3 is 2. The van der Waals surface area contributed by atoms with Crippen molar-refractivity contribution in [3.63, 3.8) is 0 Å². The van der Waals surface area contributed by atoms with Crippen molar-refractivity contribution in [3.8, 4) is 17.2 Å². The SMILES string of the molecule is COc1ccc(OC)c(NC(=S)NC(=O)c2cccc(OCCC(C)C)c2)c1. The molecular weight excluding hydrogens is 376 g/mol. The minimum atomic E-state index is -0.325. The number of carbonyl (C=O) groups is 1. The van der Waals surface area contributed by atoms with Gasteiger partial charge in [-0.05, 0) is 54.9 Å².